The van der Waals surface area contributed by atoms with Gasteiger partial charge in [-0.25, -0.2) is 9.59 Å². The van der Waals surface area contributed by atoms with Crippen LogP contribution in [-0.2, 0) is 25.5 Å². The van der Waals surface area contributed by atoms with Crippen molar-refractivity contribution in [2.24, 2.45) is 0 Å². The molecule has 268 valence electrons. The van der Waals surface area contributed by atoms with Crippen LogP contribution < -0.4 is 28.4 Å². The second-order valence-electron chi connectivity index (χ2n) is 11.6. The summed E-state index contributed by atoms with van der Waals surface area (Å²) in [6, 6.07) is 15.1. The van der Waals surface area contributed by atoms with E-state index in [1.54, 1.807) is 61.6 Å². The minimum Gasteiger partial charge on any atom is -0.493 e. The van der Waals surface area contributed by atoms with E-state index in [0.717, 1.165) is 5.56 Å². The summed E-state index contributed by atoms with van der Waals surface area (Å²) in [6.45, 7) is 3.73. The van der Waals surface area contributed by atoms with Gasteiger partial charge < -0.3 is 43.2 Å². The second kappa shape index (κ2) is 17.8. The monoisotopic (exact) mass is 691 g/mol. The molecular formula is C38H45NO11. The molecule has 0 saturated carbocycles. The molecule has 1 heterocycles. The lowest BCUT2D eigenvalue weighted by Gasteiger charge is -2.29. The van der Waals surface area contributed by atoms with Gasteiger partial charge >= 0.3 is 11.9 Å². The highest BCUT2D eigenvalue weighted by Gasteiger charge is 2.39. The molecule has 3 aromatic carbocycles. The molecule has 50 heavy (non-hydrogen) atoms. The van der Waals surface area contributed by atoms with Crippen LogP contribution in [0.15, 0.2) is 67.3 Å². The summed E-state index contributed by atoms with van der Waals surface area (Å²) >= 11 is 0. The lowest BCUT2D eigenvalue weighted by Crippen LogP contribution is -2.44. The van der Waals surface area contributed by atoms with Gasteiger partial charge in [0.25, 0.3) is 0 Å². The van der Waals surface area contributed by atoms with Crippen molar-refractivity contribution in [1.29, 1.82) is 0 Å². The molecule has 3 aromatic rings. The van der Waals surface area contributed by atoms with Crippen LogP contribution in [0.4, 0.5) is 0 Å². The van der Waals surface area contributed by atoms with Crippen LogP contribution in [0.3, 0.4) is 0 Å². The molecule has 0 radical (unpaired) electrons. The molecule has 12 heteroatoms. The molecule has 2 unspecified atom stereocenters. The number of allylic oxidation sites excluding steroid dienone is 1. The van der Waals surface area contributed by atoms with Gasteiger partial charge in [-0.3, -0.25) is 4.79 Å². The predicted molar refractivity (Wildman–Crippen MR) is 185 cm³/mol. The number of carboxylic acids is 1. The number of carboxylic acid groups (broad SMARTS) is 1. The zero-order valence-electron chi connectivity index (χ0n) is 29.1. The molecular weight excluding hydrogens is 646 g/mol. The molecule has 1 N–H and O–H groups in total. The number of likely N-dealkylation sites (tertiary alicyclic amines) is 1. The Hall–Kier alpha value is -5.39. The van der Waals surface area contributed by atoms with Crippen LogP contribution >= 0.6 is 0 Å². The van der Waals surface area contributed by atoms with E-state index in [1.165, 1.54) is 21.3 Å². The Kier molecular flexibility index (Phi) is 13.4. The van der Waals surface area contributed by atoms with Crippen molar-refractivity contribution in [2.45, 2.75) is 50.2 Å². The number of carbonyl (C=O) groups is 3. The highest BCUT2D eigenvalue weighted by molar-refractivity contribution is 5.90. The fraction of sp³-hybridized carbons (Fsp3) is 0.395. The SMILES string of the molecule is C=CCC(C(=O)N1CCCC1C(=O)O[C@H](CCc1ccc(OC)c(OC)c1)c1cccc(OCC(=O)O)c1)c1cc(OC)c(OC)c(OC)c1. The maximum atomic E-state index is 14.2. The summed E-state index contributed by atoms with van der Waals surface area (Å²) in [5.41, 5.74) is 2.19. The molecule has 12 nitrogen and oxygen atoms in total. The average molecular weight is 692 g/mol. The quantitative estimate of drug-likeness (QED) is 0.129. The summed E-state index contributed by atoms with van der Waals surface area (Å²) in [5, 5.41) is 9.11. The number of aryl methyl sites for hydroxylation is 1. The van der Waals surface area contributed by atoms with Crippen molar-refractivity contribution in [1.82, 2.24) is 4.90 Å². The Balaban J connectivity index is 1.61. The first kappa shape index (κ1) is 37.4. The van der Waals surface area contributed by atoms with E-state index in [0.29, 0.717) is 84.3 Å². The topological polar surface area (TPSA) is 139 Å². The van der Waals surface area contributed by atoms with Crippen molar-refractivity contribution < 1.29 is 52.6 Å². The number of ether oxygens (including phenoxy) is 7. The normalized spacial score (nSPS) is 15.0. The van der Waals surface area contributed by atoms with Crippen LogP contribution in [0.5, 0.6) is 34.5 Å². The van der Waals surface area contributed by atoms with Gasteiger partial charge in [-0.1, -0.05) is 24.3 Å². The summed E-state index contributed by atoms with van der Waals surface area (Å²) < 4.78 is 39.0. The Labute approximate surface area is 292 Å². The predicted octanol–water partition coefficient (Wildman–Crippen LogP) is 5.76. The molecule has 1 amide bonds. The van der Waals surface area contributed by atoms with Gasteiger partial charge in [0.05, 0.1) is 41.5 Å². The van der Waals surface area contributed by atoms with E-state index in [1.807, 2.05) is 18.2 Å². The minimum absolute atomic E-state index is 0.246. The summed E-state index contributed by atoms with van der Waals surface area (Å²) in [7, 11) is 7.65. The van der Waals surface area contributed by atoms with E-state index < -0.39 is 36.6 Å². The van der Waals surface area contributed by atoms with Gasteiger partial charge in [0.2, 0.25) is 11.7 Å². The number of nitrogens with zero attached hydrogens (tertiary/aromatic N) is 1. The molecule has 1 fully saturated rings. The summed E-state index contributed by atoms with van der Waals surface area (Å²) in [5.74, 6) is 0.157. The van der Waals surface area contributed by atoms with Crippen LogP contribution in [0.2, 0.25) is 0 Å². The number of hydrogen-bond donors (Lipinski definition) is 1. The van der Waals surface area contributed by atoms with Crippen molar-refractivity contribution in [3.63, 3.8) is 0 Å². The van der Waals surface area contributed by atoms with E-state index >= 15 is 0 Å². The maximum absolute atomic E-state index is 14.2. The Morgan fingerprint density at radius 3 is 2.20 bits per heavy atom. The average Bonchev–Trinajstić information content (AvgIpc) is 3.64. The highest BCUT2D eigenvalue weighted by atomic mass is 16.5. The van der Waals surface area contributed by atoms with E-state index in [4.69, 9.17) is 38.3 Å². The molecule has 4 rings (SSSR count). The molecule has 0 spiro atoms. The smallest absolute Gasteiger partial charge is 0.341 e. The van der Waals surface area contributed by atoms with Crippen molar-refractivity contribution >= 4 is 17.8 Å². The Morgan fingerprint density at radius 2 is 1.58 bits per heavy atom. The molecule has 1 aliphatic rings. The highest BCUT2D eigenvalue weighted by Crippen LogP contribution is 2.42. The third-order valence-electron chi connectivity index (χ3n) is 8.59. The van der Waals surface area contributed by atoms with Gasteiger partial charge in [0, 0.05) is 6.54 Å². The fourth-order valence-corrected chi connectivity index (χ4v) is 6.12. The van der Waals surface area contributed by atoms with Crippen LogP contribution in [0.1, 0.15) is 54.4 Å². The fourth-order valence-electron chi connectivity index (χ4n) is 6.12. The number of amides is 1. The minimum atomic E-state index is -1.11. The number of rotatable bonds is 18. The van der Waals surface area contributed by atoms with Crippen LogP contribution in [0, 0.1) is 0 Å². The van der Waals surface area contributed by atoms with Gasteiger partial charge in [0.15, 0.2) is 29.6 Å². The van der Waals surface area contributed by atoms with E-state index in [9.17, 15) is 14.4 Å². The second-order valence-corrected chi connectivity index (χ2v) is 11.6. The first-order chi connectivity index (χ1) is 24.2. The zero-order valence-corrected chi connectivity index (χ0v) is 29.1. The lowest BCUT2D eigenvalue weighted by atomic mass is 9.93. The number of methoxy groups -OCH3 is 5. The van der Waals surface area contributed by atoms with Crippen LogP contribution in [0.25, 0.3) is 0 Å². The Bertz CT molecular complexity index is 1630. The molecule has 1 saturated heterocycles. The third kappa shape index (κ3) is 8.99. The number of benzene rings is 3. The van der Waals surface area contributed by atoms with Crippen molar-refractivity contribution in [2.75, 3.05) is 48.7 Å². The van der Waals surface area contributed by atoms with Gasteiger partial charge in [0.1, 0.15) is 17.9 Å². The molecule has 0 aliphatic carbocycles. The maximum Gasteiger partial charge on any atom is 0.341 e. The molecule has 1 aliphatic heterocycles. The van der Waals surface area contributed by atoms with Crippen molar-refractivity contribution in [3.05, 3.63) is 83.9 Å². The van der Waals surface area contributed by atoms with Gasteiger partial charge in [-0.05, 0) is 85.2 Å². The lowest BCUT2D eigenvalue weighted by molar-refractivity contribution is -0.159. The first-order valence-corrected chi connectivity index (χ1v) is 16.2. The number of hydrogen-bond acceptors (Lipinski definition) is 10. The van der Waals surface area contributed by atoms with E-state index in [2.05, 4.69) is 6.58 Å². The number of esters is 1. The number of carbonyl (C=O) groups excluding carboxylic acids is 2. The zero-order chi connectivity index (χ0) is 36.2. The largest absolute Gasteiger partial charge is 0.493 e. The van der Waals surface area contributed by atoms with Gasteiger partial charge in [-0.2, -0.15) is 0 Å². The standard InChI is InChI=1S/C38H45NO11/c1-7-10-28(26-21-33(46-4)36(48-6)34(22-26)47-5)37(42)39-18-9-13-29(39)38(43)50-30(25-11-8-12-27(20-25)49-23-35(40)41)16-14-24-15-17-31(44-2)32(19-24)45-3/h7-8,11-12,15,17,19-22,28-30H,1,9-10,13-14,16,18,23H2,2-6H3,(H,40,41)/t28?,29?,30-/m1/s1. The molecule has 3 atom stereocenters. The van der Waals surface area contributed by atoms with E-state index in [-0.39, 0.29) is 5.91 Å². The van der Waals surface area contributed by atoms with Crippen molar-refractivity contribution in [3.8, 4) is 34.5 Å². The van der Waals surface area contributed by atoms with Crippen LogP contribution in [-0.4, -0.2) is 82.6 Å². The van der Waals surface area contributed by atoms with Gasteiger partial charge in [-0.15, -0.1) is 6.58 Å². The summed E-state index contributed by atoms with van der Waals surface area (Å²) in [6.07, 6.45) is 3.19. The molecule has 0 aromatic heterocycles. The molecule has 0 bridgehead atoms. The third-order valence-corrected chi connectivity index (χ3v) is 8.59. The number of aliphatic carboxylic acids is 1. The Morgan fingerprint density at radius 1 is 0.880 bits per heavy atom. The first-order valence-electron chi connectivity index (χ1n) is 16.2. The summed E-state index contributed by atoms with van der Waals surface area (Å²) in [4.78, 5) is 40.9.